The van der Waals surface area contributed by atoms with Crippen molar-refractivity contribution in [2.75, 3.05) is 13.7 Å². The number of esters is 3. The van der Waals surface area contributed by atoms with E-state index in [9.17, 15) is 14.4 Å². The minimum atomic E-state index is -1.18. The van der Waals surface area contributed by atoms with Crippen molar-refractivity contribution in [3.63, 3.8) is 0 Å². The smallest absolute Gasteiger partial charge is 0.338 e. The highest BCUT2D eigenvalue weighted by atomic mass is 35.5. The van der Waals surface area contributed by atoms with Crippen LogP contribution in [0.1, 0.15) is 31.1 Å². The zero-order valence-corrected chi connectivity index (χ0v) is 22.1. The molecule has 1 aliphatic heterocycles. The molecule has 11 heteroatoms. The van der Waals surface area contributed by atoms with Crippen LogP contribution in [-0.2, 0) is 23.7 Å². The second-order valence-electron chi connectivity index (χ2n) is 8.14. The van der Waals surface area contributed by atoms with Crippen molar-refractivity contribution >= 4 is 52.7 Å². The summed E-state index contributed by atoms with van der Waals surface area (Å²) in [6.45, 7) is -0.325. The van der Waals surface area contributed by atoms with E-state index in [1.807, 2.05) is 0 Å². The molecule has 8 nitrogen and oxygen atoms in total. The fourth-order valence-electron chi connectivity index (χ4n) is 3.67. The zero-order valence-electron chi connectivity index (χ0n) is 19.8. The highest BCUT2D eigenvalue weighted by Crippen LogP contribution is 2.30. The van der Waals surface area contributed by atoms with E-state index in [1.165, 1.54) is 67.8 Å². The van der Waals surface area contributed by atoms with Gasteiger partial charge in [0, 0.05) is 22.2 Å². The molecule has 0 N–H and O–H groups in total. The Morgan fingerprint density at radius 2 is 1.05 bits per heavy atom. The van der Waals surface area contributed by atoms with Crippen molar-refractivity contribution in [1.82, 2.24) is 0 Å². The van der Waals surface area contributed by atoms with Gasteiger partial charge in [-0.3, -0.25) is 0 Å². The van der Waals surface area contributed by atoms with E-state index in [2.05, 4.69) is 0 Å². The molecule has 198 valence electrons. The lowest BCUT2D eigenvalue weighted by atomic mass is 10.1. The van der Waals surface area contributed by atoms with Crippen LogP contribution < -0.4 is 0 Å². The monoisotopic (exact) mass is 578 g/mol. The van der Waals surface area contributed by atoms with Gasteiger partial charge in [0.1, 0.15) is 12.7 Å². The minimum absolute atomic E-state index is 0.204. The average molecular weight is 580 g/mol. The van der Waals surface area contributed by atoms with E-state index in [0.29, 0.717) is 15.1 Å². The van der Waals surface area contributed by atoms with E-state index in [-0.39, 0.29) is 23.3 Å². The van der Waals surface area contributed by atoms with Gasteiger partial charge < -0.3 is 23.7 Å². The Hall–Kier alpha value is -3.14. The molecule has 1 aliphatic rings. The Bertz CT molecular complexity index is 1280. The van der Waals surface area contributed by atoms with E-state index in [1.54, 1.807) is 12.1 Å². The van der Waals surface area contributed by atoms with Gasteiger partial charge in [0.05, 0.1) is 16.7 Å². The van der Waals surface area contributed by atoms with Crippen LogP contribution in [-0.4, -0.2) is 56.2 Å². The van der Waals surface area contributed by atoms with Crippen LogP contribution in [0.2, 0.25) is 15.1 Å². The van der Waals surface area contributed by atoms with Crippen LogP contribution in [0.5, 0.6) is 0 Å². The van der Waals surface area contributed by atoms with Gasteiger partial charge in [0.25, 0.3) is 0 Å². The number of rotatable bonds is 8. The van der Waals surface area contributed by atoms with Gasteiger partial charge in [0.2, 0.25) is 0 Å². The molecule has 0 amide bonds. The van der Waals surface area contributed by atoms with Crippen molar-refractivity contribution in [3.05, 3.63) is 105 Å². The largest absolute Gasteiger partial charge is 0.459 e. The Kier molecular flexibility index (Phi) is 9.25. The minimum Gasteiger partial charge on any atom is -0.459 e. The van der Waals surface area contributed by atoms with Crippen LogP contribution >= 0.6 is 34.8 Å². The van der Waals surface area contributed by atoms with Gasteiger partial charge in [-0.15, -0.1) is 0 Å². The first-order valence-corrected chi connectivity index (χ1v) is 12.4. The van der Waals surface area contributed by atoms with Crippen LogP contribution in [0, 0.1) is 0 Å². The summed E-state index contributed by atoms with van der Waals surface area (Å²) in [6.07, 6.45) is -4.50. The summed E-state index contributed by atoms with van der Waals surface area (Å²) in [7, 11) is 1.34. The Morgan fingerprint density at radius 1 is 0.658 bits per heavy atom. The van der Waals surface area contributed by atoms with Gasteiger partial charge in [-0.1, -0.05) is 34.8 Å². The molecule has 0 aromatic heterocycles. The summed E-state index contributed by atoms with van der Waals surface area (Å²) < 4.78 is 28.0. The van der Waals surface area contributed by atoms with Gasteiger partial charge in [0.15, 0.2) is 18.5 Å². The van der Waals surface area contributed by atoms with Crippen LogP contribution in [0.15, 0.2) is 72.8 Å². The maximum atomic E-state index is 12.9. The van der Waals surface area contributed by atoms with Crippen molar-refractivity contribution in [1.29, 1.82) is 0 Å². The van der Waals surface area contributed by atoms with E-state index in [4.69, 9.17) is 58.5 Å². The fraction of sp³-hybridized carbons (Fsp3) is 0.222. The summed E-state index contributed by atoms with van der Waals surface area (Å²) in [5.41, 5.74) is 0.677. The number of methoxy groups -OCH3 is 1. The zero-order chi connectivity index (χ0) is 27.2. The highest BCUT2D eigenvalue weighted by Gasteiger charge is 2.50. The molecule has 3 aromatic rings. The summed E-state index contributed by atoms with van der Waals surface area (Å²) in [5, 5.41) is 1.34. The molecule has 0 aliphatic carbocycles. The van der Waals surface area contributed by atoms with Crippen molar-refractivity contribution in [3.8, 4) is 0 Å². The Morgan fingerprint density at radius 3 is 1.47 bits per heavy atom. The molecule has 1 fully saturated rings. The molecule has 4 atom stereocenters. The Labute approximate surface area is 233 Å². The molecule has 1 saturated heterocycles. The lowest BCUT2D eigenvalue weighted by Crippen LogP contribution is -2.42. The molecule has 0 bridgehead atoms. The number of halogens is 3. The average Bonchev–Trinajstić information content (AvgIpc) is 3.24. The van der Waals surface area contributed by atoms with E-state index in [0.717, 1.165) is 0 Å². The lowest BCUT2D eigenvalue weighted by Gasteiger charge is -2.24. The standard InChI is InChI=1S/C27H21Cl3O8/c1-34-27-23(38-26(33)17-6-12-20(30)13-7-17)22(37-25(32)16-4-10-19(29)11-5-16)21(36-27)14-35-24(31)15-2-8-18(28)9-3-15/h2-13,21-23,27H,14H2,1H3. The van der Waals surface area contributed by atoms with Crippen molar-refractivity contribution < 1.29 is 38.1 Å². The topological polar surface area (TPSA) is 97.4 Å². The number of ether oxygens (including phenoxy) is 5. The first kappa shape index (κ1) is 27.9. The fourth-order valence-corrected chi connectivity index (χ4v) is 4.04. The summed E-state index contributed by atoms with van der Waals surface area (Å²) >= 11 is 17.7. The van der Waals surface area contributed by atoms with Crippen LogP contribution in [0.4, 0.5) is 0 Å². The molecule has 0 spiro atoms. The molecule has 4 unspecified atom stereocenters. The molecule has 4 rings (SSSR count). The normalized spacial score (nSPS) is 20.5. The number of carbonyl (C=O) groups is 3. The number of hydrogen-bond donors (Lipinski definition) is 0. The predicted molar refractivity (Wildman–Crippen MR) is 139 cm³/mol. The summed E-state index contributed by atoms with van der Waals surface area (Å²) in [6, 6.07) is 18.2. The predicted octanol–water partition coefficient (Wildman–Crippen LogP) is 5.63. The van der Waals surface area contributed by atoms with Gasteiger partial charge in [-0.05, 0) is 72.8 Å². The van der Waals surface area contributed by atoms with Crippen molar-refractivity contribution in [2.24, 2.45) is 0 Å². The molecule has 0 saturated carbocycles. The van der Waals surface area contributed by atoms with E-state index >= 15 is 0 Å². The first-order chi connectivity index (χ1) is 18.2. The summed E-state index contributed by atoms with van der Waals surface area (Å²) in [4.78, 5) is 38.4. The first-order valence-electron chi connectivity index (χ1n) is 11.3. The quantitative estimate of drug-likeness (QED) is 0.250. The van der Waals surface area contributed by atoms with Crippen LogP contribution in [0.25, 0.3) is 0 Å². The van der Waals surface area contributed by atoms with E-state index < -0.39 is 42.5 Å². The molecule has 3 aromatic carbocycles. The van der Waals surface area contributed by atoms with Gasteiger partial charge >= 0.3 is 17.9 Å². The van der Waals surface area contributed by atoms with Gasteiger partial charge in [-0.25, -0.2) is 14.4 Å². The molecular formula is C27H21Cl3O8. The third kappa shape index (κ3) is 6.83. The second-order valence-corrected chi connectivity index (χ2v) is 9.45. The number of hydrogen-bond acceptors (Lipinski definition) is 8. The third-order valence-corrected chi connectivity index (χ3v) is 6.36. The molecule has 0 radical (unpaired) electrons. The molecule has 38 heavy (non-hydrogen) atoms. The third-order valence-electron chi connectivity index (χ3n) is 5.60. The van der Waals surface area contributed by atoms with Gasteiger partial charge in [-0.2, -0.15) is 0 Å². The highest BCUT2D eigenvalue weighted by molar-refractivity contribution is 6.31. The maximum Gasteiger partial charge on any atom is 0.338 e. The second kappa shape index (κ2) is 12.6. The number of benzene rings is 3. The lowest BCUT2D eigenvalue weighted by molar-refractivity contribution is -0.155. The van der Waals surface area contributed by atoms with Crippen LogP contribution in [0.3, 0.4) is 0 Å². The van der Waals surface area contributed by atoms with Crippen molar-refractivity contribution in [2.45, 2.75) is 24.6 Å². The number of carbonyl (C=O) groups excluding carboxylic acids is 3. The maximum absolute atomic E-state index is 12.9. The SMILES string of the molecule is COC1OC(COC(=O)c2ccc(Cl)cc2)C(OC(=O)c2ccc(Cl)cc2)C1OC(=O)c1ccc(Cl)cc1. The Balaban J connectivity index is 1.55. The molecule has 1 heterocycles. The summed E-state index contributed by atoms with van der Waals surface area (Å²) in [5.74, 6) is -2.10. The molecular weight excluding hydrogens is 559 g/mol.